The van der Waals surface area contributed by atoms with Crippen LogP contribution in [0.25, 0.3) is 16.7 Å². The first-order valence-corrected chi connectivity index (χ1v) is 11.1. The van der Waals surface area contributed by atoms with E-state index < -0.39 is 0 Å². The lowest BCUT2D eigenvalue weighted by molar-refractivity contribution is -0.119. The highest BCUT2D eigenvalue weighted by atomic mass is 32.2. The summed E-state index contributed by atoms with van der Waals surface area (Å²) in [5.41, 5.74) is 1.86. The fourth-order valence-electron chi connectivity index (χ4n) is 3.50. The van der Waals surface area contributed by atoms with Crippen molar-refractivity contribution >= 4 is 28.6 Å². The molecule has 0 radical (unpaired) electrons. The van der Waals surface area contributed by atoms with E-state index >= 15 is 0 Å². The fraction of sp³-hybridized carbons (Fsp3) is 0.261. The van der Waals surface area contributed by atoms with Gasteiger partial charge in [-0.3, -0.25) is 9.36 Å². The summed E-state index contributed by atoms with van der Waals surface area (Å²) in [7, 11) is 0. The largest absolute Gasteiger partial charge is 0.459 e. The number of aromatic nitrogens is 3. The second kappa shape index (κ2) is 7.99. The molecule has 1 aliphatic carbocycles. The van der Waals surface area contributed by atoms with E-state index in [2.05, 4.69) is 20.1 Å². The molecule has 6 nitrogen and oxygen atoms in total. The van der Waals surface area contributed by atoms with E-state index in [4.69, 9.17) is 4.42 Å². The van der Waals surface area contributed by atoms with Crippen LogP contribution in [0.1, 0.15) is 43.3 Å². The third-order valence-corrected chi connectivity index (χ3v) is 6.13. The zero-order chi connectivity index (χ0) is 20.5. The Morgan fingerprint density at radius 2 is 1.93 bits per heavy atom. The molecule has 1 atom stereocenters. The minimum absolute atomic E-state index is 0.0662. The predicted molar refractivity (Wildman–Crippen MR) is 117 cm³/mol. The van der Waals surface area contributed by atoms with Crippen molar-refractivity contribution in [1.29, 1.82) is 0 Å². The van der Waals surface area contributed by atoms with Crippen LogP contribution in [0.4, 0.5) is 0 Å². The summed E-state index contributed by atoms with van der Waals surface area (Å²) >= 11 is 1.40. The summed E-state index contributed by atoms with van der Waals surface area (Å²) in [6, 6.07) is 19.7. The zero-order valence-electron chi connectivity index (χ0n) is 16.6. The molecular formula is C23H22N4O2S. The number of benzene rings is 2. The number of furan rings is 1. The van der Waals surface area contributed by atoms with Crippen molar-refractivity contribution in [3.63, 3.8) is 0 Å². The van der Waals surface area contributed by atoms with Crippen LogP contribution in [0.5, 0.6) is 0 Å². The van der Waals surface area contributed by atoms with Crippen LogP contribution < -0.4 is 5.32 Å². The summed E-state index contributed by atoms with van der Waals surface area (Å²) in [5.74, 6) is 2.40. The molecule has 5 rings (SSSR count). The number of carbonyl (C=O) groups excluding carboxylic acids is 1. The van der Waals surface area contributed by atoms with E-state index in [-0.39, 0.29) is 17.7 Å². The van der Waals surface area contributed by atoms with Crippen LogP contribution in [0.2, 0.25) is 0 Å². The molecule has 4 aromatic rings. The number of para-hydroxylation sites is 2. The van der Waals surface area contributed by atoms with Crippen LogP contribution in [0.15, 0.2) is 70.2 Å². The molecule has 152 valence electrons. The molecule has 7 heteroatoms. The second-order valence-corrected chi connectivity index (χ2v) is 8.49. The van der Waals surface area contributed by atoms with Crippen LogP contribution in [-0.2, 0) is 4.79 Å². The van der Waals surface area contributed by atoms with E-state index in [0.717, 1.165) is 46.2 Å². The van der Waals surface area contributed by atoms with Gasteiger partial charge < -0.3 is 9.73 Å². The zero-order valence-corrected chi connectivity index (χ0v) is 17.4. The Morgan fingerprint density at radius 1 is 1.17 bits per heavy atom. The average Bonchev–Trinajstić information content (AvgIpc) is 3.37. The highest BCUT2D eigenvalue weighted by Crippen LogP contribution is 2.41. The van der Waals surface area contributed by atoms with Gasteiger partial charge in [0.1, 0.15) is 17.2 Å². The normalized spacial score (nSPS) is 14.7. The molecule has 2 aromatic heterocycles. The van der Waals surface area contributed by atoms with Gasteiger partial charge in [0.05, 0.1) is 11.8 Å². The van der Waals surface area contributed by atoms with Crippen LogP contribution in [0, 0.1) is 0 Å². The molecule has 0 bridgehead atoms. The van der Waals surface area contributed by atoms with Crippen molar-refractivity contribution in [3.05, 3.63) is 72.2 Å². The second-order valence-electron chi connectivity index (χ2n) is 7.55. The number of nitrogens with zero attached hydrogens (tertiary/aromatic N) is 3. The minimum Gasteiger partial charge on any atom is -0.459 e. The van der Waals surface area contributed by atoms with E-state index in [1.54, 1.807) is 0 Å². The van der Waals surface area contributed by atoms with Crippen molar-refractivity contribution in [2.45, 2.75) is 36.9 Å². The lowest BCUT2D eigenvalue weighted by Gasteiger charge is -2.12. The Labute approximate surface area is 178 Å². The summed E-state index contributed by atoms with van der Waals surface area (Å²) in [6.45, 7) is 1.93. The van der Waals surface area contributed by atoms with Gasteiger partial charge in [0.25, 0.3) is 0 Å². The first kappa shape index (κ1) is 18.9. The molecule has 1 N–H and O–H groups in total. The number of fused-ring (bicyclic) bond motifs is 1. The Balaban J connectivity index is 1.27. The maximum atomic E-state index is 12.6. The topological polar surface area (TPSA) is 73.0 Å². The van der Waals surface area contributed by atoms with E-state index in [1.807, 2.05) is 67.6 Å². The van der Waals surface area contributed by atoms with Gasteiger partial charge in [-0.1, -0.05) is 48.2 Å². The quantitative estimate of drug-likeness (QED) is 0.434. The Hall–Kier alpha value is -3.06. The van der Waals surface area contributed by atoms with E-state index in [9.17, 15) is 4.79 Å². The molecular weight excluding hydrogens is 396 g/mol. The molecule has 30 heavy (non-hydrogen) atoms. The number of hydrogen-bond acceptors (Lipinski definition) is 5. The number of nitrogens with one attached hydrogen (secondary N) is 1. The highest BCUT2D eigenvalue weighted by molar-refractivity contribution is 7.99. The number of rotatable bonds is 7. The number of hydrogen-bond donors (Lipinski definition) is 1. The highest BCUT2D eigenvalue weighted by Gasteiger charge is 2.31. The van der Waals surface area contributed by atoms with Crippen molar-refractivity contribution in [2.75, 3.05) is 5.75 Å². The monoisotopic (exact) mass is 418 g/mol. The molecule has 1 amide bonds. The SMILES string of the molecule is C[C@@H](NC(=O)CSc1nnc(C2CC2)n1-c1ccccc1)c1cc2ccccc2o1. The molecule has 0 saturated heterocycles. The van der Waals surface area contributed by atoms with Crippen molar-refractivity contribution in [1.82, 2.24) is 20.1 Å². The molecule has 1 saturated carbocycles. The number of amides is 1. The maximum absolute atomic E-state index is 12.6. The molecule has 2 aromatic carbocycles. The lowest BCUT2D eigenvalue weighted by Crippen LogP contribution is -2.28. The number of thioether (sulfide) groups is 1. The summed E-state index contributed by atoms with van der Waals surface area (Å²) in [5, 5.41) is 13.6. The molecule has 0 unspecified atom stereocenters. The summed E-state index contributed by atoms with van der Waals surface area (Å²) in [6.07, 6.45) is 2.29. The predicted octanol–water partition coefficient (Wildman–Crippen LogP) is 4.86. The van der Waals surface area contributed by atoms with Crippen LogP contribution in [-0.4, -0.2) is 26.4 Å². The van der Waals surface area contributed by atoms with E-state index in [1.165, 1.54) is 11.8 Å². The van der Waals surface area contributed by atoms with Gasteiger partial charge in [0, 0.05) is 17.0 Å². The van der Waals surface area contributed by atoms with Gasteiger partial charge in [-0.15, -0.1) is 10.2 Å². The van der Waals surface area contributed by atoms with Crippen molar-refractivity contribution in [2.24, 2.45) is 0 Å². The Morgan fingerprint density at radius 3 is 2.70 bits per heavy atom. The molecule has 0 spiro atoms. The maximum Gasteiger partial charge on any atom is 0.231 e. The molecule has 1 aliphatic rings. The molecule has 0 aliphatic heterocycles. The molecule has 2 heterocycles. The standard InChI is InChI=1S/C23H22N4O2S/c1-15(20-13-17-7-5-6-10-19(17)29-20)24-21(28)14-30-23-26-25-22(16-11-12-16)27(23)18-8-3-2-4-9-18/h2-10,13,15-16H,11-12,14H2,1H3,(H,24,28)/t15-/m1/s1. The first-order chi connectivity index (χ1) is 14.7. The fourth-order valence-corrected chi connectivity index (χ4v) is 4.27. The van der Waals surface area contributed by atoms with Gasteiger partial charge in [0.15, 0.2) is 5.16 Å². The number of carbonyl (C=O) groups is 1. The lowest BCUT2D eigenvalue weighted by atomic mass is 10.2. The third-order valence-electron chi connectivity index (χ3n) is 5.20. The summed E-state index contributed by atoms with van der Waals surface area (Å²) < 4.78 is 7.94. The van der Waals surface area contributed by atoms with Gasteiger partial charge in [-0.2, -0.15) is 0 Å². The first-order valence-electron chi connectivity index (χ1n) is 10.1. The smallest absolute Gasteiger partial charge is 0.231 e. The van der Waals surface area contributed by atoms with Crippen molar-refractivity contribution < 1.29 is 9.21 Å². The average molecular weight is 419 g/mol. The van der Waals surface area contributed by atoms with Gasteiger partial charge in [0.2, 0.25) is 5.91 Å². The van der Waals surface area contributed by atoms with Crippen LogP contribution >= 0.6 is 11.8 Å². The van der Waals surface area contributed by atoms with Gasteiger partial charge in [-0.05, 0) is 44.0 Å². The van der Waals surface area contributed by atoms with Gasteiger partial charge in [-0.25, -0.2) is 0 Å². The minimum atomic E-state index is -0.209. The van der Waals surface area contributed by atoms with Crippen LogP contribution in [0.3, 0.4) is 0 Å². The van der Waals surface area contributed by atoms with Crippen molar-refractivity contribution in [3.8, 4) is 5.69 Å². The van der Waals surface area contributed by atoms with Gasteiger partial charge >= 0.3 is 0 Å². The Kier molecular flexibility index (Phi) is 5.04. The van der Waals surface area contributed by atoms with E-state index in [0.29, 0.717) is 5.92 Å². The summed E-state index contributed by atoms with van der Waals surface area (Å²) in [4.78, 5) is 12.6. The Bertz CT molecular complexity index is 1150. The third kappa shape index (κ3) is 3.85. The molecule has 1 fully saturated rings.